The largest absolute Gasteiger partial charge is 0.374 e. The number of nitriles is 1. The van der Waals surface area contributed by atoms with Gasteiger partial charge in [0.25, 0.3) is 0 Å². The van der Waals surface area contributed by atoms with Crippen molar-refractivity contribution in [2.24, 2.45) is 0 Å². The summed E-state index contributed by atoms with van der Waals surface area (Å²) in [5.74, 6) is 0.495. The molecule has 22 heavy (non-hydrogen) atoms. The van der Waals surface area contributed by atoms with Gasteiger partial charge in [-0.25, -0.2) is 0 Å². The Morgan fingerprint density at radius 3 is 2.59 bits per heavy atom. The van der Waals surface area contributed by atoms with E-state index in [1.807, 2.05) is 0 Å². The van der Waals surface area contributed by atoms with E-state index in [4.69, 9.17) is 10.00 Å². The monoisotopic (exact) mass is 300 g/mol. The third-order valence-electron chi connectivity index (χ3n) is 4.42. The molecular formula is C19H28N2O. The molecule has 1 aliphatic heterocycles. The van der Waals surface area contributed by atoms with Crippen LogP contribution in [0.1, 0.15) is 64.1 Å². The minimum absolute atomic E-state index is 0.0201. The Morgan fingerprint density at radius 2 is 2.00 bits per heavy atom. The number of hydrogen-bond acceptors (Lipinski definition) is 3. The molecule has 0 aliphatic carbocycles. The standard InChI is InChI=1S/C19H28N2O/c1-14(2)16-8-6-7-9-17(16)18-13-22-15(10-11-20)12-21(18)19(3,4)5/h6-9,14-15,18H,10,12-13H2,1-5H3. The Hall–Kier alpha value is -1.37. The van der Waals surface area contributed by atoms with Gasteiger partial charge in [0.2, 0.25) is 0 Å². The molecule has 0 bridgehead atoms. The predicted molar refractivity (Wildman–Crippen MR) is 89.7 cm³/mol. The first-order valence-electron chi connectivity index (χ1n) is 8.18. The van der Waals surface area contributed by atoms with Gasteiger partial charge in [-0.05, 0) is 37.8 Å². The number of ether oxygens (including phenoxy) is 1. The highest BCUT2D eigenvalue weighted by atomic mass is 16.5. The van der Waals surface area contributed by atoms with Gasteiger partial charge in [0.15, 0.2) is 0 Å². The van der Waals surface area contributed by atoms with Crippen molar-refractivity contribution in [1.82, 2.24) is 4.90 Å². The SMILES string of the molecule is CC(C)c1ccccc1C1COC(CC#N)CN1C(C)(C)C. The first kappa shape index (κ1) is 17.0. The molecule has 2 unspecified atom stereocenters. The summed E-state index contributed by atoms with van der Waals surface area (Å²) in [5.41, 5.74) is 2.80. The lowest BCUT2D eigenvalue weighted by Gasteiger charge is -2.47. The maximum absolute atomic E-state index is 8.96. The van der Waals surface area contributed by atoms with Crippen LogP contribution in [0.5, 0.6) is 0 Å². The molecule has 1 fully saturated rings. The van der Waals surface area contributed by atoms with Crippen LogP contribution in [0.15, 0.2) is 24.3 Å². The molecule has 1 saturated heterocycles. The maximum Gasteiger partial charge on any atom is 0.0833 e. The minimum atomic E-state index is 0.0201. The number of nitrogens with zero attached hydrogens (tertiary/aromatic N) is 2. The Balaban J connectivity index is 2.35. The summed E-state index contributed by atoms with van der Waals surface area (Å²) < 4.78 is 5.98. The third kappa shape index (κ3) is 3.69. The second-order valence-electron chi connectivity index (χ2n) is 7.44. The average Bonchev–Trinajstić information content (AvgIpc) is 2.46. The van der Waals surface area contributed by atoms with Crippen LogP contribution >= 0.6 is 0 Å². The molecule has 0 amide bonds. The second kappa shape index (κ2) is 6.81. The molecule has 1 heterocycles. The lowest BCUT2D eigenvalue weighted by atomic mass is 9.89. The Kier molecular flexibility index (Phi) is 5.26. The summed E-state index contributed by atoms with van der Waals surface area (Å²) in [6.45, 7) is 12.7. The molecular weight excluding hydrogens is 272 g/mol. The predicted octanol–water partition coefficient (Wildman–Crippen LogP) is 4.26. The minimum Gasteiger partial charge on any atom is -0.374 e. The Bertz CT molecular complexity index is 539. The molecule has 3 heteroatoms. The smallest absolute Gasteiger partial charge is 0.0833 e. The average molecular weight is 300 g/mol. The normalized spacial score (nSPS) is 23.5. The van der Waals surface area contributed by atoms with Gasteiger partial charge in [0.05, 0.1) is 31.2 Å². The summed E-state index contributed by atoms with van der Waals surface area (Å²) in [6.07, 6.45) is 0.484. The van der Waals surface area contributed by atoms with Gasteiger partial charge in [-0.1, -0.05) is 38.1 Å². The molecule has 1 aromatic carbocycles. The quantitative estimate of drug-likeness (QED) is 0.836. The lowest BCUT2D eigenvalue weighted by molar-refractivity contribution is -0.0944. The van der Waals surface area contributed by atoms with Crippen molar-refractivity contribution in [3.05, 3.63) is 35.4 Å². The van der Waals surface area contributed by atoms with E-state index in [1.54, 1.807) is 0 Å². The van der Waals surface area contributed by atoms with Gasteiger partial charge in [-0.2, -0.15) is 5.26 Å². The molecule has 0 radical (unpaired) electrons. The molecule has 3 nitrogen and oxygen atoms in total. The van der Waals surface area contributed by atoms with Gasteiger partial charge < -0.3 is 4.74 Å². The zero-order valence-electron chi connectivity index (χ0n) is 14.5. The fourth-order valence-corrected chi connectivity index (χ4v) is 3.28. The number of hydrogen-bond donors (Lipinski definition) is 0. The van der Waals surface area contributed by atoms with Crippen molar-refractivity contribution in [3.8, 4) is 6.07 Å². The summed E-state index contributed by atoms with van der Waals surface area (Å²) in [4.78, 5) is 2.50. The van der Waals surface area contributed by atoms with Crippen molar-refractivity contribution >= 4 is 0 Å². The summed E-state index contributed by atoms with van der Waals surface area (Å²) in [5, 5.41) is 8.96. The zero-order chi connectivity index (χ0) is 16.3. The first-order chi connectivity index (χ1) is 10.3. The van der Waals surface area contributed by atoms with Crippen molar-refractivity contribution in [2.75, 3.05) is 13.2 Å². The van der Waals surface area contributed by atoms with Crippen molar-refractivity contribution in [2.45, 2.75) is 64.6 Å². The van der Waals surface area contributed by atoms with Gasteiger partial charge in [0.1, 0.15) is 0 Å². The summed E-state index contributed by atoms with van der Waals surface area (Å²) in [7, 11) is 0. The molecule has 1 aliphatic rings. The van der Waals surface area contributed by atoms with Gasteiger partial charge in [-0.3, -0.25) is 4.90 Å². The molecule has 0 aromatic heterocycles. The molecule has 0 spiro atoms. The van der Waals surface area contributed by atoms with Crippen LogP contribution in [0.4, 0.5) is 0 Å². The van der Waals surface area contributed by atoms with E-state index in [0.717, 1.165) is 6.54 Å². The van der Waals surface area contributed by atoms with Crippen LogP contribution in [-0.4, -0.2) is 29.7 Å². The Morgan fingerprint density at radius 1 is 1.32 bits per heavy atom. The summed E-state index contributed by atoms with van der Waals surface area (Å²) in [6, 6.07) is 11.2. The Labute approximate surface area is 134 Å². The topological polar surface area (TPSA) is 36.3 Å². The van der Waals surface area contributed by atoms with E-state index in [2.05, 4.69) is 69.9 Å². The van der Waals surface area contributed by atoms with Crippen molar-refractivity contribution < 1.29 is 4.74 Å². The number of morpholine rings is 1. The van der Waals surface area contributed by atoms with Crippen LogP contribution < -0.4 is 0 Å². The van der Waals surface area contributed by atoms with Crippen LogP contribution in [0.25, 0.3) is 0 Å². The number of benzene rings is 1. The van der Waals surface area contributed by atoms with E-state index < -0.39 is 0 Å². The maximum atomic E-state index is 8.96. The first-order valence-corrected chi connectivity index (χ1v) is 8.18. The van der Waals surface area contributed by atoms with E-state index >= 15 is 0 Å². The molecule has 0 N–H and O–H groups in total. The number of rotatable bonds is 3. The lowest BCUT2D eigenvalue weighted by Crippen LogP contribution is -2.53. The van der Waals surface area contributed by atoms with Crippen LogP contribution in [0.2, 0.25) is 0 Å². The summed E-state index contributed by atoms with van der Waals surface area (Å²) >= 11 is 0. The van der Waals surface area contributed by atoms with Gasteiger partial charge in [0, 0.05) is 12.1 Å². The molecule has 120 valence electrons. The molecule has 1 aromatic rings. The van der Waals surface area contributed by atoms with Crippen LogP contribution in [0, 0.1) is 11.3 Å². The second-order valence-corrected chi connectivity index (χ2v) is 7.44. The molecule has 2 atom stereocenters. The van der Waals surface area contributed by atoms with Crippen molar-refractivity contribution in [3.63, 3.8) is 0 Å². The van der Waals surface area contributed by atoms with Crippen LogP contribution in [0.3, 0.4) is 0 Å². The highest BCUT2D eigenvalue weighted by Crippen LogP contribution is 2.36. The van der Waals surface area contributed by atoms with Gasteiger partial charge >= 0.3 is 0 Å². The third-order valence-corrected chi connectivity index (χ3v) is 4.42. The van der Waals surface area contributed by atoms with E-state index in [9.17, 15) is 0 Å². The molecule has 0 saturated carbocycles. The fraction of sp³-hybridized carbons (Fsp3) is 0.632. The zero-order valence-corrected chi connectivity index (χ0v) is 14.5. The van der Waals surface area contributed by atoms with Gasteiger partial charge in [-0.15, -0.1) is 0 Å². The van der Waals surface area contributed by atoms with E-state index in [1.165, 1.54) is 11.1 Å². The van der Waals surface area contributed by atoms with Crippen LogP contribution in [-0.2, 0) is 4.74 Å². The highest BCUT2D eigenvalue weighted by Gasteiger charge is 2.37. The van der Waals surface area contributed by atoms with E-state index in [0.29, 0.717) is 18.9 Å². The highest BCUT2D eigenvalue weighted by molar-refractivity contribution is 5.33. The van der Waals surface area contributed by atoms with E-state index in [-0.39, 0.29) is 17.7 Å². The fourth-order valence-electron chi connectivity index (χ4n) is 3.28. The molecule has 2 rings (SSSR count). The van der Waals surface area contributed by atoms with Crippen molar-refractivity contribution in [1.29, 1.82) is 5.26 Å².